The average Bonchev–Trinajstić information content (AvgIpc) is 3.04. The van der Waals surface area contributed by atoms with Crippen LogP contribution in [0.1, 0.15) is 11.1 Å². The third kappa shape index (κ3) is 2.67. The molecule has 5 heteroatoms. The molecule has 0 saturated carbocycles. The van der Waals surface area contributed by atoms with E-state index in [0.717, 1.165) is 45.7 Å². The molecule has 0 N–H and O–H groups in total. The predicted octanol–water partition coefficient (Wildman–Crippen LogP) is 5.50. The third-order valence-electron chi connectivity index (χ3n) is 4.79. The summed E-state index contributed by atoms with van der Waals surface area (Å²) in [7, 11) is 4.94. The van der Waals surface area contributed by atoms with Crippen LogP contribution in [-0.2, 0) is 12.8 Å². The van der Waals surface area contributed by atoms with Crippen LogP contribution in [0.5, 0.6) is 17.2 Å². The Kier molecular flexibility index (Phi) is 4.41. The second kappa shape index (κ2) is 6.72. The first-order valence-electron chi connectivity index (χ1n) is 8.37. The molecule has 4 nitrogen and oxygen atoms in total. The number of ether oxygens (including phenoxy) is 3. The van der Waals surface area contributed by atoms with E-state index in [2.05, 4.69) is 22.0 Å². The fraction of sp³-hybridized carbons (Fsp3) is 0.238. The SMILES string of the molecule is COc1ccc2c(c1)-c1oc(-c3ccc(OC)c(OC)c3)c(Br)c1CC2. The lowest BCUT2D eigenvalue weighted by Gasteiger charge is -2.16. The molecule has 0 atom stereocenters. The van der Waals surface area contributed by atoms with Gasteiger partial charge in [-0.2, -0.15) is 0 Å². The lowest BCUT2D eigenvalue weighted by atomic mass is 9.90. The van der Waals surface area contributed by atoms with E-state index in [0.29, 0.717) is 11.5 Å². The molecule has 1 aromatic heterocycles. The van der Waals surface area contributed by atoms with Gasteiger partial charge in [-0.25, -0.2) is 0 Å². The number of hydrogen-bond acceptors (Lipinski definition) is 4. The summed E-state index contributed by atoms with van der Waals surface area (Å²) in [6.45, 7) is 0. The van der Waals surface area contributed by atoms with Gasteiger partial charge in [0.25, 0.3) is 0 Å². The molecular weight excluding hydrogens is 396 g/mol. The van der Waals surface area contributed by atoms with E-state index >= 15 is 0 Å². The van der Waals surface area contributed by atoms with E-state index in [1.165, 1.54) is 11.1 Å². The lowest BCUT2D eigenvalue weighted by molar-refractivity contribution is 0.355. The summed E-state index contributed by atoms with van der Waals surface area (Å²) in [6.07, 6.45) is 1.92. The molecule has 1 heterocycles. The quantitative estimate of drug-likeness (QED) is 0.564. The number of halogens is 1. The third-order valence-corrected chi connectivity index (χ3v) is 5.63. The Morgan fingerprint density at radius 1 is 0.846 bits per heavy atom. The van der Waals surface area contributed by atoms with Crippen molar-refractivity contribution in [2.45, 2.75) is 12.8 Å². The topological polar surface area (TPSA) is 40.8 Å². The van der Waals surface area contributed by atoms with E-state index in [4.69, 9.17) is 18.6 Å². The van der Waals surface area contributed by atoms with Crippen LogP contribution in [0, 0.1) is 0 Å². The van der Waals surface area contributed by atoms with Crippen molar-refractivity contribution in [3.63, 3.8) is 0 Å². The molecule has 0 fully saturated rings. The van der Waals surface area contributed by atoms with Gasteiger partial charge in [0.05, 0.1) is 25.8 Å². The standard InChI is InChI=1S/C21H19BrO4/c1-23-14-7-4-12-5-8-15-19(22)20(26-21(15)16(12)11-14)13-6-9-17(24-2)18(10-13)25-3/h4,6-7,9-11H,5,8H2,1-3H3. The first-order valence-corrected chi connectivity index (χ1v) is 9.16. The maximum absolute atomic E-state index is 6.32. The normalized spacial score (nSPS) is 12.3. The summed E-state index contributed by atoms with van der Waals surface area (Å²) >= 11 is 3.75. The number of furan rings is 1. The predicted molar refractivity (Wildman–Crippen MR) is 104 cm³/mol. The molecule has 1 aliphatic rings. The van der Waals surface area contributed by atoms with Crippen molar-refractivity contribution < 1.29 is 18.6 Å². The molecule has 0 aliphatic heterocycles. The highest BCUT2D eigenvalue weighted by atomic mass is 79.9. The van der Waals surface area contributed by atoms with Crippen molar-refractivity contribution in [3.05, 3.63) is 52.0 Å². The fourth-order valence-electron chi connectivity index (χ4n) is 3.42. The summed E-state index contributed by atoms with van der Waals surface area (Å²) < 4.78 is 23.5. The van der Waals surface area contributed by atoms with E-state index in [-0.39, 0.29) is 0 Å². The Morgan fingerprint density at radius 3 is 2.38 bits per heavy atom. The molecule has 2 aromatic carbocycles. The number of benzene rings is 2. The van der Waals surface area contributed by atoms with Crippen molar-refractivity contribution in [2.24, 2.45) is 0 Å². The first-order chi connectivity index (χ1) is 12.7. The molecule has 134 valence electrons. The van der Waals surface area contributed by atoms with Crippen LogP contribution in [0.25, 0.3) is 22.6 Å². The van der Waals surface area contributed by atoms with Crippen LogP contribution in [0.15, 0.2) is 45.3 Å². The molecule has 0 saturated heterocycles. The number of hydrogen-bond donors (Lipinski definition) is 0. The highest BCUT2D eigenvalue weighted by molar-refractivity contribution is 9.10. The molecule has 0 radical (unpaired) electrons. The minimum atomic E-state index is 0.674. The van der Waals surface area contributed by atoms with Crippen LogP contribution in [0.4, 0.5) is 0 Å². The van der Waals surface area contributed by atoms with Crippen LogP contribution in [-0.4, -0.2) is 21.3 Å². The van der Waals surface area contributed by atoms with Gasteiger partial charge in [-0.3, -0.25) is 0 Å². The van der Waals surface area contributed by atoms with Crippen molar-refractivity contribution in [1.29, 1.82) is 0 Å². The molecule has 1 aliphatic carbocycles. The largest absolute Gasteiger partial charge is 0.497 e. The zero-order chi connectivity index (χ0) is 18.3. The van der Waals surface area contributed by atoms with Crippen LogP contribution in [0.3, 0.4) is 0 Å². The van der Waals surface area contributed by atoms with Gasteiger partial charge in [0, 0.05) is 16.7 Å². The molecule has 3 aromatic rings. The fourth-order valence-corrected chi connectivity index (χ4v) is 4.11. The summed E-state index contributed by atoms with van der Waals surface area (Å²) in [4.78, 5) is 0. The van der Waals surface area contributed by atoms with Crippen LogP contribution >= 0.6 is 15.9 Å². The molecule has 0 amide bonds. The van der Waals surface area contributed by atoms with Gasteiger partial charge in [0.1, 0.15) is 17.3 Å². The van der Waals surface area contributed by atoms with Crippen molar-refractivity contribution >= 4 is 15.9 Å². The number of fused-ring (bicyclic) bond motifs is 3. The van der Waals surface area contributed by atoms with Gasteiger partial charge >= 0.3 is 0 Å². The van der Waals surface area contributed by atoms with Gasteiger partial charge in [0.2, 0.25) is 0 Å². The van der Waals surface area contributed by atoms with Gasteiger partial charge in [0.15, 0.2) is 11.5 Å². The minimum absolute atomic E-state index is 0.674. The number of aryl methyl sites for hydroxylation is 1. The highest BCUT2D eigenvalue weighted by Crippen LogP contribution is 2.46. The van der Waals surface area contributed by atoms with Crippen LogP contribution in [0.2, 0.25) is 0 Å². The maximum Gasteiger partial charge on any atom is 0.161 e. The molecule has 26 heavy (non-hydrogen) atoms. The zero-order valence-electron chi connectivity index (χ0n) is 14.9. The number of methoxy groups -OCH3 is 3. The van der Waals surface area contributed by atoms with Crippen molar-refractivity contribution in [1.82, 2.24) is 0 Å². The first kappa shape index (κ1) is 17.0. The summed E-state index contributed by atoms with van der Waals surface area (Å²) in [6, 6.07) is 11.9. The second-order valence-corrected chi connectivity index (χ2v) is 6.94. The highest BCUT2D eigenvalue weighted by Gasteiger charge is 2.26. The van der Waals surface area contributed by atoms with E-state index in [1.807, 2.05) is 30.3 Å². The van der Waals surface area contributed by atoms with Gasteiger partial charge < -0.3 is 18.6 Å². The van der Waals surface area contributed by atoms with Gasteiger partial charge in [-0.1, -0.05) is 6.07 Å². The van der Waals surface area contributed by atoms with Crippen molar-refractivity contribution in [2.75, 3.05) is 21.3 Å². The second-order valence-electron chi connectivity index (χ2n) is 6.15. The summed E-state index contributed by atoms with van der Waals surface area (Å²) in [5.41, 5.74) is 4.50. The smallest absolute Gasteiger partial charge is 0.161 e. The van der Waals surface area contributed by atoms with E-state index in [9.17, 15) is 0 Å². The van der Waals surface area contributed by atoms with Crippen molar-refractivity contribution in [3.8, 4) is 39.9 Å². The minimum Gasteiger partial charge on any atom is -0.497 e. The Morgan fingerprint density at radius 2 is 1.65 bits per heavy atom. The van der Waals surface area contributed by atoms with E-state index < -0.39 is 0 Å². The summed E-state index contributed by atoms with van der Waals surface area (Å²) in [5.74, 6) is 3.90. The van der Waals surface area contributed by atoms with E-state index in [1.54, 1.807) is 21.3 Å². The monoisotopic (exact) mass is 414 g/mol. The molecular formula is C21H19BrO4. The molecule has 0 unspecified atom stereocenters. The molecule has 4 rings (SSSR count). The van der Waals surface area contributed by atoms with Gasteiger partial charge in [-0.05, 0) is 64.7 Å². The Labute approximate surface area is 160 Å². The molecule has 0 bridgehead atoms. The maximum atomic E-state index is 6.32. The molecule has 0 spiro atoms. The summed E-state index contributed by atoms with van der Waals surface area (Å²) in [5, 5.41) is 0. The Hall–Kier alpha value is -2.40. The Bertz CT molecular complexity index is 974. The number of rotatable bonds is 4. The lowest BCUT2D eigenvalue weighted by Crippen LogP contribution is -2.02. The zero-order valence-corrected chi connectivity index (χ0v) is 16.5. The average molecular weight is 415 g/mol. The Balaban J connectivity index is 1.85. The van der Waals surface area contributed by atoms with Crippen LogP contribution < -0.4 is 14.2 Å². The van der Waals surface area contributed by atoms with Gasteiger partial charge in [-0.15, -0.1) is 0 Å².